The first-order valence-corrected chi connectivity index (χ1v) is 8.88. The van der Waals surface area contributed by atoms with E-state index in [0.29, 0.717) is 16.7 Å². The van der Waals surface area contributed by atoms with Gasteiger partial charge in [0.05, 0.1) is 5.56 Å². The molecule has 0 spiro atoms. The monoisotopic (exact) mass is 323 g/mol. The Hall–Kier alpha value is -1.14. The van der Waals surface area contributed by atoms with Gasteiger partial charge < -0.3 is 5.32 Å². The van der Waals surface area contributed by atoms with Crippen molar-refractivity contribution in [3.8, 4) is 0 Å². The first-order chi connectivity index (χ1) is 10.2. The van der Waals surface area contributed by atoms with Crippen LogP contribution in [0.5, 0.6) is 0 Å². The summed E-state index contributed by atoms with van der Waals surface area (Å²) in [6, 6.07) is 2.40. The Morgan fingerprint density at radius 3 is 2.86 bits per heavy atom. The van der Waals surface area contributed by atoms with Crippen molar-refractivity contribution in [3.05, 3.63) is 21.9 Å². The third kappa shape index (κ3) is 3.37. The minimum absolute atomic E-state index is 0.136. The number of hydrogen-bond acceptors (Lipinski definition) is 3. The van der Waals surface area contributed by atoms with Gasteiger partial charge in [-0.3, -0.25) is 15.6 Å². The maximum absolute atomic E-state index is 12.0. The van der Waals surface area contributed by atoms with E-state index in [9.17, 15) is 4.79 Å². The zero-order chi connectivity index (χ0) is 14.8. The molecule has 0 radical (unpaired) electrons. The summed E-state index contributed by atoms with van der Waals surface area (Å²) in [5.41, 5.74) is 6.18. The van der Waals surface area contributed by atoms with Gasteiger partial charge in [-0.05, 0) is 55.8 Å². The number of hydrogen-bond donors (Lipinski definition) is 3. The van der Waals surface area contributed by atoms with E-state index in [1.54, 1.807) is 11.3 Å². The molecule has 1 aromatic heterocycles. The SMILES string of the molecule is CCc1cc(C(=O)NNC(=S)N[C@H]2C[C@H]3CC[C@H]2C3)cs1. The van der Waals surface area contributed by atoms with Crippen LogP contribution in [0.25, 0.3) is 0 Å². The summed E-state index contributed by atoms with van der Waals surface area (Å²) in [5, 5.41) is 5.74. The lowest BCUT2D eigenvalue weighted by Gasteiger charge is -2.24. The van der Waals surface area contributed by atoms with E-state index >= 15 is 0 Å². The molecule has 1 heterocycles. The molecule has 2 aliphatic rings. The van der Waals surface area contributed by atoms with Crippen LogP contribution in [0, 0.1) is 11.8 Å². The highest BCUT2D eigenvalue weighted by atomic mass is 32.1. The minimum Gasteiger partial charge on any atom is -0.358 e. The van der Waals surface area contributed by atoms with E-state index in [2.05, 4.69) is 23.1 Å². The Labute approximate surface area is 134 Å². The van der Waals surface area contributed by atoms with Crippen LogP contribution in [0.4, 0.5) is 0 Å². The molecule has 0 unspecified atom stereocenters. The predicted octanol–water partition coefficient (Wildman–Crippen LogP) is 2.61. The standard InChI is InChI=1S/C15H21N3OS2/c1-2-12-7-11(8-21-12)14(19)17-18-15(20)16-13-6-9-3-4-10(13)5-9/h7-10,13H,2-6H2,1H3,(H,17,19)(H2,16,18,20)/t9-,10-,13-/m0/s1. The van der Waals surface area contributed by atoms with Gasteiger partial charge in [-0.2, -0.15) is 0 Å². The first-order valence-electron chi connectivity index (χ1n) is 7.60. The third-order valence-electron chi connectivity index (χ3n) is 4.61. The summed E-state index contributed by atoms with van der Waals surface area (Å²) < 4.78 is 0. The molecule has 3 atom stereocenters. The molecule has 2 fully saturated rings. The maximum atomic E-state index is 12.0. The van der Waals surface area contributed by atoms with E-state index < -0.39 is 0 Å². The molecular weight excluding hydrogens is 302 g/mol. The van der Waals surface area contributed by atoms with Crippen LogP contribution >= 0.6 is 23.6 Å². The Morgan fingerprint density at radius 1 is 1.38 bits per heavy atom. The Morgan fingerprint density at radius 2 is 2.24 bits per heavy atom. The topological polar surface area (TPSA) is 53.2 Å². The van der Waals surface area contributed by atoms with Crippen molar-refractivity contribution >= 4 is 34.6 Å². The van der Waals surface area contributed by atoms with E-state index in [-0.39, 0.29) is 5.91 Å². The Bertz CT molecular complexity index is 543. The molecule has 21 heavy (non-hydrogen) atoms. The molecule has 114 valence electrons. The van der Waals surface area contributed by atoms with Crippen LogP contribution in [-0.2, 0) is 6.42 Å². The number of amides is 1. The number of carbonyl (C=O) groups is 1. The van der Waals surface area contributed by atoms with Gasteiger partial charge in [-0.15, -0.1) is 11.3 Å². The van der Waals surface area contributed by atoms with Crippen molar-refractivity contribution in [1.29, 1.82) is 0 Å². The molecule has 2 bridgehead atoms. The minimum atomic E-state index is -0.136. The summed E-state index contributed by atoms with van der Waals surface area (Å²) in [6.45, 7) is 2.08. The number of aryl methyl sites for hydroxylation is 1. The lowest BCUT2D eigenvalue weighted by molar-refractivity contribution is 0.0944. The van der Waals surface area contributed by atoms with E-state index in [0.717, 1.165) is 18.3 Å². The zero-order valence-corrected chi connectivity index (χ0v) is 13.8. The summed E-state index contributed by atoms with van der Waals surface area (Å²) in [6.07, 6.45) is 6.19. The molecule has 1 aromatic rings. The largest absolute Gasteiger partial charge is 0.358 e. The van der Waals surface area contributed by atoms with Gasteiger partial charge in [0.15, 0.2) is 5.11 Å². The fraction of sp³-hybridized carbons (Fsp3) is 0.600. The molecule has 0 aromatic carbocycles. The van der Waals surface area contributed by atoms with Gasteiger partial charge >= 0.3 is 0 Å². The second-order valence-electron chi connectivity index (χ2n) is 5.99. The van der Waals surface area contributed by atoms with Gasteiger partial charge in [0, 0.05) is 16.3 Å². The van der Waals surface area contributed by atoms with Crippen molar-refractivity contribution in [2.45, 2.75) is 45.1 Å². The molecule has 4 nitrogen and oxygen atoms in total. The molecule has 3 N–H and O–H groups in total. The summed E-state index contributed by atoms with van der Waals surface area (Å²) in [7, 11) is 0. The van der Waals surface area contributed by atoms with Crippen LogP contribution in [-0.4, -0.2) is 17.1 Å². The molecule has 2 aliphatic carbocycles. The zero-order valence-electron chi connectivity index (χ0n) is 12.1. The van der Waals surface area contributed by atoms with Crippen LogP contribution in [0.1, 0.15) is 47.8 Å². The predicted molar refractivity (Wildman–Crippen MR) is 89.3 cm³/mol. The van der Waals surface area contributed by atoms with E-state index in [4.69, 9.17) is 12.2 Å². The van der Waals surface area contributed by atoms with Crippen molar-refractivity contribution in [1.82, 2.24) is 16.2 Å². The number of fused-ring (bicyclic) bond motifs is 2. The average Bonchev–Trinajstić information content (AvgIpc) is 3.20. The maximum Gasteiger partial charge on any atom is 0.270 e. The van der Waals surface area contributed by atoms with Crippen molar-refractivity contribution < 1.29 is 4.79 Å². The quantitative estimate of drug-likeness (QED) is 0.591. The molecule has 1 amide bonds. The van der Waals surface area contributed by atoms with Gasteiger partial charge in [0.25, 0.3) is 5.91 Å². The summed E-state index contributed by atoms with van der Waals surface area (Å²) in [4.78, 5) is 13.2. The van der Waals surface area contributed by atoms with Crippen LogP contribution < -0.4 is 16.2 Å². The number of carbonyl (C=O) groups excluding carboxylic acids is 1. The molecule has 0 saturated heterocycles. The number of thiophene rings is 1. The fourth-order valence-corrected chi connectivity index (χ4v) is 4.51. The van der Waals surface area contributed by atoms with Gasteiger partial charge in [0.2, 0.25) is 0 Å². The van der Waals surface area contributed by atoms with Crippen molar-refractivity contribution in [3.63, 3.8) is 0 Å². The lowest BCUT2D eigenvalue weighted by atomic mass is 9.96. The molecular formula is C15H21N3OS2. The smallest absolute Gasteiger partial charge is 0.270 e. The van der Waals surface area contributed by atoms with Crippen LogP contribution in [0.15, 0.2) is 11.4 Å². The highest BCUT2D eigenvalue weighted by Gasteiger charge is 2.39. The summed E-state index contributed by atoms with van der Waals surface area (Å²) >= 11 is 6.88. The summed E-state index contributed by atoms with van der Waals surface area (Å²) in [5.74, 6) is 1.50. The van der Waals surface area contributed by atoms with Crippen LogP contribution in [0.2, 0.25) is 0 Å². The van der Waals surface area contributed by atoms with E-state index in [1.165, 1.54) is 30.6 Å². The molecule has 3 rings (SSSR count). The molecule has 6 heteroatoms. The molecule has 0 aliphatic heterocycles. The van der Waals surface area contributed by atoms with Gasteiger partial charge in [-0.25, -0.2) is 0 Å². The van der Waals surface area contributed by atoms with Crippen molar-refractivity contribution in [2.75, 3.05) is 0 Å². The number of hydrazine groups is 1. The number of nitrogens with one attached hydrogen (secondary N) is 3. The fourth-order valence-electron chi connectivity index (χ4n) is 3.50. The average molecular weight is 323 g/mol. The lowest BCUT2D eigenvalue weighted by Crippen LogP contribution is -2.50. The van der Waals surface area contributed by atoms with Crippen molar-refractivity contribution in [2.24, 2.45) is 11.8 Å². The second kappa shape index (κ2) is 6.32. The molecule has 2 saturated carbocycles. The Kier molecular flexibility index (Phi) is 4.45. The Balaban J connectivity index is 1.44. The number of thiocarbonyl (C=S) groups is 1. The third-order valence-corrected chi connectivity index (χ3v) is 5.91. The normalized spacial score (nSPS) is 26.6. The highest BCUT2D eigenvalue weighted by Crippen LogP contribution is 2.44. The van der Waals surface area contributed by atoms with E-state index in [1.807, 2.05) is 11.4 Å². The second-order valence-corrected chi connectivity index (χ2v) is 7.39. The first kappa shape index (κ1) is 14.8. The number of rotatable bonds is 3. The highest BCUT2D eigenvalue weighted by molar-refractivity contribution is 7.80. The van der Waals surface area contributed by atoms with Gasteiger partial charge in [-0.1, -0.05) is 13.3 Å². The van der Waals surface area contributed by atoms with Gasteiger partial charge in [0.1, 0.15) is 0 Å². The van der Waals surface area contributed by atoms with Crippen LogP contribution in [0.3, 0.4) is 0 Å².